The first-order valence-corrected chi connectivity index (χ1v) is 19.2. The zero-order valence-electron chi connectivity index (χ0n) is 34.4. The molecule has 17 heteroatoms. The molecule has 0 fully saturated rings. The van der Waals surface area contributed by atoms with E-state index in [1.807, 2.05) is 41.5 Å². The van der Waals surface area contributed by atoms with Gasteiger partial charge in [-0.2, -0.15) is 0 Å². The van der Waals surface area contributed by atoms with Crippen molar-refractivity contribution in [3.63, 3.8) is 0 Å². The van der Waals surface area contributed by atoms with Crippen LogP contribution in [0.2, 0.25) is 0 Å². The summed E-state index contributed by atoms with van der Waals surface area (Å²) in [6.45, 7) is 15.5. The molecule has 1 heterocycles. The van der Waals surface area contributed by atoms with Crippen LogP contribution in [0.15, 0.2) is 30.4 Å². The predicted molar refractivity (Wildman–Crippen MR) is 206 cm³/mol. The molecule has 57 heavy (non-hydrogen) atoms. The molecule has 0 radical (unpaired) electrons. The first kappa shape index (κ1) is 49.0. The standard InChI is InChI=1S/C40H62N2O15/c1-39(2,3)56-37(46)10-13-48-15-17-50-19-21-52-23-25-54-32-27-31(30-41-34(43)9-12-42-35(44)7-8-36(42)45)28-33(29-32)55-26-24-53-22-20-51-18-16-49-14-11-38(47)57-40(4,5)6/h7-8,27-29H,9-26,30H2,1-6H3,(H,41,43). The van der Waals surface area contributed by atoms with Gasteiger partial charge in [-0.15, -0.1) is 0 Å². The molecule has 1 aliphatic rings. The van der Waals surface area contributed by atoms with Gasteiger partial charge in [0, 0.05) is 37.7 Å². The molecule has 2 rings (SSSR count). The molecular formula is C40H62N2O15. The molecule has 0 spiro atoms. The number of benzene rings is 1. The Balaban J connectivity index is 1.68. The molecule has 0 aromatic heterocycles. The van der Waals surface area contributed by atoms with Crippen LogP contribution in [0.5, 0.6) is 11.5 Å². The van der Waals surface area contributed by atoms with Crippen molar-refractivity contribution in [2.24, 2.45) is 0 Å². The van der Waals surface area contributed by atoms with E-state index in [4.69, 9.17) is 47.4 Å². The van der Waals surface area contributed by atoms with E-state index in [1.165, 1.54) is 12.2 Å². The molecule has 1 aliphatic heterocycles. The number of carbonyl (C=O) groups excluding carboxylic acids is 5. The van der Waals surface area contributed by atoms with Crippen molar-refractivity contribution < 1.29 is 71.3 Å². The van der Waals surface area contributed by atoms with Crippen LogP contribution in [0.3, 0.4) is 0 Å². The minimum atomic E-state index is -0.520. The van der Waals surface area contributed by atoms with Gasteiger partial charge in [0.05, 0.1) is 92.1 Å². The van der Waals surface area contributed by atoms with Gasteiger partial charge in [-0.05, 0) is 59.2 Å². The summed E-state index contributed by atoms with van der Waals surface area (Å²) in [5, 5.41) is 2.80. The minimum absolute atomic E-state index is 0.0165. The summed E-state index contributed by atoms with van der Waals surface area (Å²) < 4.78 is 55.3. The van der Waals surface area contributed by atoms with E-state index in [2.05, 4.69) is 5.32 Å². The normalized spacial score (nSPS) is 12.9. The van der Waals surface area contributed by atoms with Crippen LogP contribution in [0.1, 0.15) is 66.4 Å². The van der Waals surface area contributed by atoms with Gasteiger partial charge in [0.1, 0.15) is 35.9 Å². The lowest BCUT2D eigenvalue weighted by Crippen LogP contribution is -2.34. The molecule has 0 saturated heterocycles. The lowest BCUT2D eigenvalue weighted by Gasteiger charge is -2.19. The molecule has 1 N–H and O–H groups in total. The number of ether oxygens (including phenoxy) is 10. The van der Waals surface area contributed by atoms with E-state index in [0.717, 1.165) is 4.90 Å². The molecule has 3 amide bonds. The fourth-order valence-electron chi connectivity index (χ4n) is 4.67. The summed E-state index contributed by atoms with van der Waals surface area (Å²) in [5.41, 5.74) is -0.336. The summed E-state index contributed by atoms with van der Waals surface area (Å²) in [5.74, 6) is -0.820. The maximum Gasteiger partial charge on any atom is 0.308 e. The third-order valence-corrected chi connectivity index (χ3v) is 7.11. The Morgan fingerprint density at radius 2 is 0.895 bits per heavy atom. The van der Waals surface area contributed by atoms with E-state index in [0.29, 0.717) is 83.1 Å². The van der Waals surface area contributed by atoms with Gasteiger partial charge in [-0.1, -0.05) is 0 Å². The van der Waals surface area contributed by atoms with Crippen LogP contribution in [-0.2, 0) is 68.4 Å². The molecule has 0 saturated carbocycles. The van der Waals surface area contributed by atoms with Crippen LogP contribution in [-0.4, -0.2) is 145 Å². The zero-order chi connectivity index (χ0) is 41.9. The minimum Gasteiger partial charge on any atom is -0.491 e. The van der Waals surface area contributed by atoms with Gasteiger partial charge in [0.2, 0.25) is 5.91 Å². The van der Waals surface area contributed by atoms with Gasteiger partial charge in [-0.25, -0.2) is 0 Å². The average molecular weight is 811 g/mol. The quantitative estimate of drug-likeness (QED) is 0.0654. The molecule has 1 aromatic carbocycles. The van der Waals surface area contributed by atoms with E-state index < -0.39 is 23.0 Å². The van der Waals surface area contributed by atoms with Crippen molar-refractivity contribution in [3.8, 4) is 11.5 Å². The largest absolute Gasteiger partial charge is 0.491 e. The number of amides is 3. The zero-order valence-corrected chi connectivity index (χ0v) is 34.4. The van der Waals surface area contributed by atoms with Crippen molar-refractivity contribution in [2.45, 2.75) is 78.6 Å². The third-order valence-electron chi connectivity index (χ3n) is 7.11. The van der Waals surface area contributed by atoms with Crippen LogP contribution in [0.25, 0.3) is 0 Å². The maximum absolute atomic E-state index is 12.5. The van der Waals surface area contributed by atoms with E-state index >= 15 is 0 Å². The van der Waals surface area contributed by atoms with Crippen LogP contribution < -0.4 is 14.8 Å². The van der Waals surface area contributed by atoms with E-state index in [1.54, 1.807) is 18.2 Å². The smallest absolute Gasteiger partial charge is 0.308 e. The highest BCUT2D eigenvalue weighted by Crippen LogP contribution is 2.23. The van der Waals surface area contributed by atoms with Crippen LogP contribution in [0, 0.1) is 0 Å². The number of nitrogens with zero attached hydrogens (tertiary/aromatic N) is 1. The number of hydrogen-bond donors (Lipinski definition) is 1. The van der Waals surface area contributed by atoms with Crippen molar-refractivity contribution in [1.29, 1.82) is 0 Å². The second-order valence-electron chi connectivity index (χ2n) is 14.5. The van der Waals surface area contributed by atoms with Crippen molar-refractivity contribution in [1.82, 2.24) is 10.2 Å². The lowest BCUT2D eigenvalue weighted by atomic mass is 10.2. The van der Waals surface area contributed by atoms with E-state index in [9.17, 15) is 24.0 Å². The van der Waals surface area contributed by atoms with Gasteiger partial charge in [0.25, 0.3) is 11.8 Å². The van der Waals surface area contributed by atoms with Crippen LogP contribution in [0.4, 0.5) is 0 Å². The summed E-state index contributed by atoms with van der Waals surface area (Å²) >= 11 is 0. The molecule has 0 unspecified atom stereocenters. The van der Waals surface area contributed by atoms with Crippen molar-refractivity contribution in [2.75, 3.05) is 99.0 Å². The monoisotopic (exact) mass is 810 g/mol. The highest BCUT2D eigenvalue weighted by Gasteiger charge is 2.23. The average Bonchev–Trinajstić information content (AvgIpc) is 3.45. The molecule has 1 aromatic rings. The number of esters is 2. The third kappa shape index (κ3) is 25.7. The number of hydrogen-bond acceptors (Lipinski definition) is 15. The van der Waals surface area contributed by atoms with Gasteiger partial charge >= 0.3 is 11.9 Å². The van der Waals surface area contributed by atoms with Gasteiger partial charge < -0.3 is 52.7 Å². The Morgan fingerprint density at radius 3 is 1.28 bits per heavy atom. The van der Waals surface area contributed by atoms with Crippen molar-refractivity contribution >= 4 is 29.7 Å². The van der Waals surface area contributed by atoms with Crippen molar-refractivity contribution in [3.05, 3.63) is 35.9 Å². The highest BCUT2D eigenvalue weighted by molar-refractivity contribution is 6.13. The summed E-state index contributed by atoms with van der Waals surface area (Å²) in [4.78, 5) is 60.5. The molecular weight excluding hydrogens is 748 g/mol. The fourth-order valence-corrected chi connectivity index (χ4v) is 4.67. The molecule has 17 nitrogen and oxygen atoms in total. The first-order valence-electron chi connectivity index (χ1n) is 19.2. The van der Waals surface area contributed by atoms with Gasteiger partial charge in [-0.3, -0.25) is 28.9 Å². The van der Waals surface area contributed by atoms with E-state index in [-0.39, 0.29) is 76.6 Å². The highest BCUT2D eigenvalue weighted by atomic mass is 16.6. The second kappa shape index (κ2) is 27.5. The molecule has 0 atom stereocenters. The Labute approximate surface area is 335 Å². The Morgan fingerprint density at radius 1 is 0.526 bits per heavy atom. The Kier molecular flexibility index (Phi) is 23.6. The topological polar surface area (TPSA) is 193 Å². The number of carbonyl (C=O) groups is 5. The van der Waals surface area contributed by atoms with Crippen LogP contribution >= 0.6 is 0 Å². The lowest BCUT2D eigenvalue weighted by molar-refractivity contribution is -0.157. The molecule has 322 valence electrons. The second-order valence-corrected chi connectivity index (χ2v) is 14.5. The summed E-state index contributed by atoms with van der Waals surface area (Å²) in [6.07, 6.45) is 2.68. The fraction of sp³-hybridized carbons (Fsp3) is 0.675. The van der Waals surface area contributed by atoms with Gasteiger partial charge in [0.15, 0.2) is 0 Å². The Bertz CT molecular complexity index is 1320. The summed E-state index contributed by atoms with van der Waals surface area (Å²) in [6, 6.07) is 5.26. The first-order chi connectivity index (χ1) is 27.1. The number of rotatable bonds is 31. The predicted octanol–water partition coefficient (Wildman–Crippen LogP) is 2.94. The summed E-state index contributed by atoms with van der Waals surface area (Å²) in [7, 11) is 0. The molecule has 0 bridgehead atoms. The SMILES string of the molecule is CC(C)(C)OC(=O)CCOCCOCCOCCOc1cc(CNC(=O)CCN2C(=O)C=CC2=O)cc(OCCOCCOCCOCCC(=O)OC(C)(C)C)c1. The maximum atomic E-state index is 12.5. The number of imide groups is 1. The Hall–Kier alpha value is -4.13. The number of nitrogens with one attached hydrogen (secondary N) is 1. The molecule has 0 aliphatic carbocycles.